The van der Waals surface area contributed by atoms with Crippen molar-refractivity contribution in [3.8, 4) is 0 Å². The lowest BCUT2D eigenvalue weighted by Crippen LogP contribution is -2.41. The number of benzene rings is 1. The number of carbonyl (C=O) groups is 1. The molecule has 1 fully saturated rings. The van der Waals surface area contributed by atoms with Gasteiger partial charge < -0.3 is 9.64 Å². The second kappa shape index (κ2) is 8.74. The van der Waals surface area contributed by atoms with Crippen LogP contribution in [-0.4, -0.2) is 63.1 Å². The predicted molar refractivity (Wildman–Crippen MR) is 108 cm³/mol. The molecule has 0 atom stereocenters. The number of sulfonamides is 1. The summed E-state index contributed by atoms with van der Waals surface area (Å²) in [6, 6.07) is 8.59. The van der Waals surface area contributed by atoms with Gasteiger partial charge in [-0.15, -0.1) is 23.1 Å². The highest BCUT2D eigenvalue weighted by molar-refractivity contribution is 7.98. The molecule has 1 amide bonds. The van der Waals surface area contributed by atoms with Crippen molar-refractivity contribution in [2.24, 2.45) is 0 Å². The average Bonchev–Trinajstić information content (AvgIpc) is 3.20. The Bertz CT molecular complexity index is 891. The van der Waals surface area contributed by atoms with E-state index in [0.717, 1.165) is 9.77 Å². The summed E-state index contributed by atoms with van der Waals surface area (Å²) in [4.78, 5) is 16.5. The molecule has 2 heterocycles. The maximum atomic E-state index is 13.0. The lowest BCUT2D eigenvalue weighted by Gasteiger charge is -2.27. The van der Waals surface area contributed by atoms with Crippen molar-refractivity contribution < 1.29 is 17.9 Å². The number of nitrogens with zero attached hydrogens (tertiary/aromatic N) is 2. The third-order valence-corrected chi connectivity index (χ3v) is 7.82. The third kappa shape index (κ3) is 4.55. The number of carbonyl (C=O) groups excluding carboxylic acids is 1. The molecule has 1 saturated heterocycles. The summed E-state index contributed by atoms with van der Waals surface area (Å²) in [7, 11) is -2.13. The molecule has 146 valence electrons. The van der Waals surface area contributed by atoms with Crippen LogP contribution in [0.1, 0.15) is 15.2 Å². The summed E-state index contributed by atoms with van der Waals surface area (Å²) in [5.41, 5.74) is 0.426. The Hall–Kier alpha value is -1.39. The minimum Gasteiger partial charge on any atom is -0.378 e. The van der Waals surface area contributed by atoms with Crippen molar-refractivity contribution >= 4 is 39.0 Å². The van der Waals surface area contributed by atoms with Crippen LogP contribution in [0.25, 0.3) is 0 Å². The van der Waals surface area contributed by atoms with E-state index in [1.54, 1.807) is 24.1 Å². The summed E-state index contributed by atoms with van der Waals surface area (Å²) in [6.45, 7) is 2.34. The SMILES string of the molecule is CSc1ccc(S(=O)(=O)N(C)Cc2cccs2)cc1C(=O)N1CCOCC1. The number of hydrogen-bond acceptors (Lipinski definition) is 6. The fourth-order valence-corrected chi connectivity index (χ4v) is 5.42. The second-order valence-corrected chi connectivity index (χ2v) is 10.0. The van der Waals surface area contributed by atoms with Crippen molar-refractivity contribution in [2.75, 3.05) is 39.6 Å². The van der Waals surface area contributed by atoms with E-state index in [0.29, 0.717) is 38.4 Å². The lowest BCUT2D eigenvalue weighted by atomic mass is 10.2. The molecule has 1 aromatic heterocycles. The van der Waals surface area contributed by atoms with Gasteiger partial charge in [0, 0.05) is 36.5 Å². The molecule has 3 rings (SSSR count). The number of thiophene rings is 1. The molecule has 0 spiro atoms. The first-order chi connectivity index (χ1) is 12.9. The van der Waals surface area contributed by atoms with Crippen LogP contribution in [0.15, 0.2) is 45.5 Å². The number of amides is 1. The summed E-state index contributed by atoms with van der Waals surface area (Å²) < 4.78 is 32.6. The van der Waals surface area contributed by atoms with E-state index in [9.17, 15) is 13.2 Å². The summed E-state index contributed by atoms with van der Waals surface area (Å²) in [6.07, 6.45) is 1.88. The monoisotopic (exact) mass is 426 g/mol. The van der Waals surface area contributed by atoms with E-state index >= 15 is 0 Å². The maximum absolute atomic E-state index is 13.0. The minimum absolute atomic E-state index is 0.135. The van der Waals surface area contributed by atoms with Crippen LogP contribution in [-0.2, 0) is 21.3 Å². The minimum atomic E-state index is -3.69. The Morgan fingerprint density at radius 2 is 2.04 bits per heavy atom. The fraction of sp³-hybridized carbons (Fsp3) is 0.389. The van der Waals surface area contributed by atoms with Crippen LogP contribution in [0, 0.1) is 0 Å². The van der Waals surface area contributed by atoms with Gasteiger partial charge >= 0.3 is 0 Å². The zero-order chi connectivity index (χ0) is 19.4. The average molecular weight is 427 g/mol. The number of ether oxygens (including phenoxy) is 1. The molecule has 0 N–H and O–H groups in total. The molecule has 1 aliphatic rings. The first-order valence-corrected chi connectivity index (χ1v) is 12.0. The third-order valence-electron chi connectivity index (χ3n) is 4.37. The molecule has 1 aliphatic heterocycles. The lowest BCUT2D eigenvalue weighted by molar-refractivity contribution is 0.0300. The van der Waals surface area contributed by atoms with Crippen molar-refractivity contribution in [2.45, 2.75) is 16.3 Å². The van der Waals surface area contributed by atoms with Gasteiger partial charge in [-0.05, 0) is 35.9 Å². The van der Waals surface area contributed by atoms with E-state index in [2.05, 4.69) is 0 Å². The van der Waals surface area contributed by atoms with Gasteiger partial charge in [0.05, 0.1) is 23.7 Å². The van der Waals surface area contributed by atoms with E-state index in [1.807, 2.05) is 23.8 Å². The van der Waals surface area contributed by atoms with Crippen molar-refractivity contribution in [1.82, 2.24) is 9.21 Å². The van der Waals surface area contributed by atoms with Crippen molar-refractivity contribution in [3.63, 3.8) is 0 Å². The standard InChI is InChI=1S/C18H22N2O4S3/c1-19(13-14-4-3-11-26-14)27(22,23)15-5-6-17(25-2)16(12-15)18(21)20-7-9-24-10-8-20/h3-6,11-12H,7-10,13H2,1-2H3. The Labute approximate surface area is 168 Å². The Morgan fingerprint density at radius 3 is 2.67 bits per heavy atom. The zero-order valence-electron chi connectivity index (χ0n) is 15.3. The highest BCUT2D eigenvalue weighted by atomic mass is 32.2. The molecule has 0 unspecified atom stereocenters. The molecule has 0 bridgehead atoms. The van der Waals surface area contributed by atoms with E-state index in [-0.39, 0.29) is 10.8 Å². The van der Waals surface area contributed by atoms with Gasteiger partial charge in [-0.1, -0.05) is 6.07 Å². The number of morpholine rings is 1. The van der Waals surface area contributed by atoms with Gasteiger partial charge in [-0.2, -0.15) is 4.31 Å². The normalized spacial score (nSPS) is 15.3. The van der Waals surface area contributed by atoms with E-state index in [1.165, 1.54) is 33.5 Å². The van der Waals surface area contributed by atoms with Crippen molar-refractivity contribution in [1.29, 1.82) is 0 Å². The number of thioether (sulfide) groups is 1. The summed E-state index contributed by atoms with van der Waals surface area (Å²) in [5, 5.41) is 1.92. The van der Waals surface area contributed by atoms with Crippen molar-refractivity contribution in [3.05, 3.63) is 46.2 Å². The van der Waals surface area contributed by atoms with Gasteiger partial charge in [-0.25, -0.2) is 8.42 Å². The smallest absolute Gasteiger partial charge is 0.255 e. The molecular formula is C18H22N2O4S3. The molecular weight excluding hydrogens is 404 g/mol. The molecule has 27 heavy (non-hydrogen) atoms. The zero-order valence-corrected chi connectivity index (χ0v) is 17.7. The molecule has 0 radical (unpaired) electrons. The quantitative estimate of drug-likeness (QED) is 0.665. The van der Waals surface area contributed by atoms with Crippen LogP contribution in [0.2, 0.25) is 0 Å². The summed E-state index contributed by atoms with van der Waals surface area (Å²) >= 11 is 2.95. The second-order valence-electron chi connectivity index (χ2n) is 6.11. The number of rotatable bonds is 6. The van der Waals surface area contributed by atoms with Gasteiger partial charge in [-0.3, -0.25) is 4.79 Å². The van der Waals surface area contributed by atoms with Crippen LogP contribution >= 0.6 is 23.1 Å². The largest absolute Gasteiger partial charge is 0.378 e. The fourth-order valence-electron chi connectivity index (χ4n) is 2.84. The van der Waals surface area contributed by atoms with Crippen LogP contribution in [0.4, 0.5) is 0 Å². The Kier molecular flexibility index (Phi) is 6.59. The first kappa shape index (κ1) is 20.3. The predicted octanol–water partition coefficient (Wildman–Crippen LogP) is 2.76. The highest BCUT2D eigenvalue weighted by Gasteiger charge is 2.26. The van der Waals surface area contributed by atoms with Crippen LogP contribution in [0.3, 0.4) is 0 Å². The van der Waals surface area contributed by atoms with Gasteiger partial charge in [0.1, 0.15) is 0 Å². The van der Waals surface area contributed by atoms with Gasteiger partial charge in [0.25, 0.3) is 5.91 Å². The number of hydrogen-bond donors (Lipinski definition) is 0. The molecule has 1 aromatic carbocycles. The topological polar surface area (TPSA) is 66.9 Å². The molecule has 0 saturated carbocycles. The van der Waals surface area contributed by atoms with E-state index in [4.69, 9.17) is 4.74 Å². The van der Waals surface area contributed by atoms with Crippen LogP contribution < -0.4 is 0 Å². The van der Waals surface area contributed by atoms with Crippen LogP contribution in [0.5, 0.6) is 0 Å². The van der Waals surface area contributed by atoms with Gasteiger partial charge in [0.2, 0.25) is 10.0 Å². The molecule has 9 heteroatoms. The Balaban J connectivity index is 1.90. The van der Waals surface area contributed by atoms with E-state index < -0.39 is 10.0 Å². The molecule has 0 aliphatic carbocycles. The molecule has 6 nitrogen and oxygen atoms in total. The highest BCUT2D eigenvalue weighted by Crippen LogP contribution is 2.27. The maximum Gasteiger partial charge on any atom is 0.255 e. The summed E-state index contributed by atoms with van der Waals surface area (Å²) in [5.74, 6) is -0.152. The molecule has 2 aromatic rings. The first-order valence-electron chi connectivity index (χ1n) is 8.47. The Morgan fingerprint density at radius 1 is 1.30 bits per heavy atom. The van der Waals surface area contributed by atoms with Gasteiger partial charge in [0.15, 0.2) is 0 Å².